The van der Waals surface area contributed by atoms with E-state index in [1.54, 1.807) is 17.4 Å². The van der Waals surface area contributed by atoms with Crippen LogP contribution in [0.3, 0.4) is 0 Å². The van der Waals surface area contributed by atoms with Gasteiger partial charge in [-0.25, -0.2) is 4.79 Å². The molecule has 0 atom stereocenters. The lowest BCUT2D eigenvalue weighted by Crippen LogP contribution is -2.09. The van der Waals surface area contributed by atoms with Crippen molar-refractivity contribution in [2.45, 2.75) is 6.54 Å². The number of aliphatic carboxylic acids is 1. The molecule has 0 aliphatic heterocycles. The standard InChI is InChI=1S/C10H13NO2S/c1-11(2)7-9-4-3-8(14-9)5-6-10(12)13/h3-6H,7H2,1-2H3,(H,12,13)/b6-5+. The average Bonchev–Trinajstić information content (AvgIpc) is 2.47. The van der Waals surface area contributed by atoms with Crippen LogP contribution in [0.4, 0.5) is 0 Å². The van der Waals surface area contributed by atoms with E-state index < -0.39 is 5.97 Å². The third-order valence-electron chi connectivity index (χ3n) is 1.54. The molecule has 0 spiro atoms. The van der Waals surface area contributed by atoms with Gasteiger partial charge in [0.1, 0.15) is 0 Å². The average molecular weight is 211 g/mol. The summed E-state index contributed by atoms with van der Waals surface area (Å²) in [7, 11) is 4.01. The molecule has 3 nitrogen and oxygen atoms in total. The summed E-state index contributed by atoms with van der Waals surface area (Å²) < 4.78 is 0. The van der Waals surface area contributed by atoms with Gasteiger partial charge in [-0.3, -0.25) is 0 Å². The molecule has 1 N–H and O–H groups in total. The highest BCUT2D eigenvalue weighted by Gasteiger charge is 1.99. The van der Waals surface area contributed by atoms with Crippen molar-refractivity contribution in [2.75, 3.05) is 14.1 Å². The molecule has 4 heteroatoms. The second-order valence-electron chi connectivity index (χ2n) is 3.21. The molecule has 0 amide bonds. The van der Waals surface area contributed by atoms with Gasteiger partial charge in [0.05, 0.1) is 0 Å². The summed E-state index contributed by atoms with van der Waals surface area (Å²) >= 11 is 1.61. The van der Waals surface area contributed by atoms with E-state index in [0.29, 0.717) is 0 Å². The van der Waals surface area contributed by atoms with E-state index in [1.807, 2.05) is 26.2 Å². The van der Waals surface area contributed by atoms with Crippen molar-refractivity contribution in [3.8, 4) is 0 Å². The van der Waals surface area contributed by atoms with Gasteiger partial charge >= 0.3 is 5.97 Å². The van der Waals surface area contributed by atoms with Gasteiger partial charge < -0.3 is 10.0 Å². The molecule has 0 bridgehead atoms. The summed E-state index contributed by atoms with van der Waals surface area (Å²) in [5.41, 5.74) is 0. The lowest BCUT2D eigenvalue weighted by molar-refractivity contribution is -0.131. The van der Waals surface area contributed by atoms with E-state index >= 15 is 0 Å². The Morgan fingerprint density at radius 1 is 1.57 bits per heavy atom. The highest BCUT2D eigenvalue weighted by molar-refractivity contribution is 7.12. The van der Waals surface area contributed by atoms with Gasteiger partial charge in [-0.15, -0.1) is 11.3 Å². The first-order valence-corrected chi connectivity index (χ1v) is 5.04. The summed E-state index contributed by atoms with van der Waals surface area (Å²) in [6, 6.07) is 3.95. The minimum atomic E-state index is -0.910. The molecular formula is C10H13NO2S. The van der Waals surface area contributed by atoms with Gasteiger partial charge in [0, 0.05) is 22.4 Å². The number of carbonyl (C=O) groups is 1. The fourth-order valence-electron chi connectivity index (χ4n) is 1.03. The van der Waals surface area contributed by atoms with Gasteiger partial charge in [-0.1, -0.05) is 0 Å². The van der Waals surface area contributed by atoms with E-state index in [1.165, 1.54) is 4.88 Å². The summed E-state index contributed by atoms with van der Waals surface area (Å²) in [4.78, 5) is 14.6. The maximum Gasteiger partial charge on any atom is 0.328 e. The Morgan fingerprint density at radius 3 is 2.86 bits per heavy atom. The minimum Gasteiger partial charge on any atom is -0.478 e. The van der Waals surface area contributed by atoms with Crippen LogP contribution in [-0.4, -0.2) is 30.1 Å². The third-order valence-corrected chi connectivity index (χ3v) is 2.58. The Balaban J connectivity index is 2.63. The van der Waals surface area contributed by atoms with Gasteiger partial charge in [-0.2, -0.15) is 0 Å². The van der Waals surface area contributed by atoms with Gasteiger partial charge in [0.2, 0.25) is 0 Å². The number of nitrogens with zero attached hydrogens (tertiary/aromatic N) is 1. The molecule has 0 saturated heterocycles. The normalized spacial score (nSPS) is 11.4. The van der Waals surface area contributed by atoms with Crippen molar-refractivity contribution in [1.82, 2.24) is 4.90 Å². The smallest absolute Gasteiger partial charge is 0.328 e. The third kappa shape index (κ3) is 3.72. The fraction of sp³-hybridized carbons (Fsp3) is 0.300. The molecule has 1 heterocycles. The molecule has 0 aromatic carbocycles. The van der Waals surface area contributed by atoms with E-state index in [2.05, 4.69) is 4.90 Å². The molecule has 1 rings (SSSR count). The van der Waals surface area contributed by atoms with Crippen molar-refractivity contribution < 1.29 is 9.90 Å². The van der Waals surface area contributed by atoms with Crippen LogP contribution in [-0.2, 0) is 11.3 Å². The van der Waals surface area contributed by atoms with Crippen LogP contribution in [0.25, 0.3) is 6.08 Å². The Bertz CT molecular complexity index is 342. The monoisotopic (exact) mass is 211 g/mol. The predicted octanol–water partition coefficient (Wildman–Crippen LogP) is 1.91. The Hall–Kier alpha value is -1.13. The molecule has 14 heavy (non-hydrogen) atoms. The zero-order chi connectivity index (χ0) is 10.6. The SMILES string of the molecule is CN(C)Cc1ccc(/C=C/C(=O)O)s1. The molecular weight excluding hydrogens is 198 g/mol. The molecule has 0 radical (unpaired) electrons. The van der Waals surface area contributed by atoms with E-state index in [-0.39, 0.29) is 0 Å². The number of hydrogen-bond donors (Lipinski definition) is 1. The highest BCUT2D eigenvalue weighted by atomic mass is 32.1. The summed E-state index contributed by atoms with van der Waals surface area (Å²) in [6.45, 7) is 0.894. The molecule has 0 aliphatic carbocycles. The Kier molecular flexibility index (Phi) is 3.85. The lowest BCUT2D eigenvalue weighted by atomic mass is 10.4. The number of rotatable bonds is 4. The van der Waals surface area contributed by atoms with E-state index in [4.69, 9.17) is 5.11 Å². The van der Waals surface area contributed by atoms with E-state index in [9.17, 15) is 4.79 Å². The van der Waals surface area contributed by atoms with Crippen LogP contribution >= 0.6 is 11.3 Å². The molecule has 0 unspecified atom stereocenters. The largest absolute Gasteiger partial charge is 0.478 e. The van der Waals surface area contributed by atoms with Crippen molar-refractivity contribution in [2.24, 2.45) is 0 Å². The van der Waals surface area contributed by atoms with Crippen LogP contribution < -0.4 is 0 Å². The zero-order valence-electron chi connectivity index (χ0n) is 8.23. The number of hydrogen-bond acceptors (Lipinski definition) is 3. The molecule has 1 aromatic rings. The second kappa shape index (κ2) is 4.93. The Morgan fingerprint density at radius 2 is 2.29 bits per heavy atom. The summed E-state index contributed by atoms with van der Waals surface area (Å²) in [6.07, 6.45) is 2.78. The summed E-state index contributed by atoms with van der Waals surface area (Å²) in [5.74, 6) is -0.910. The first-order valence-electron chi connectivity index (χ1n) is 4.22. The van der Waals surface area contributed by atoms with Crippen LogP contribution in [0.2, 0.25) is 0 Å². The Labute approximate surface area is 87.3 Å². The summed E-state index contributed by atoms with van der Waals surface area (Å²) in [5, 5.41) is 8.44. The minimum absolute atomic E-state index is 0.894. The van der Waals surface area contributed by atoms with Crippen molar-refractivity contribution >= 4 is 23.4 Å². The molecule has 76 valence electrons. The van der Waals surface area contributed by atoms with Gasteiger partial charge in [-0.05, 0) is 32.3 Å². The van der Waals surface area contributed by atoms with Crippen LogP contribution in [0.1, 0.15) is 9.75 Å². The fourth-order valence-corrected chi connectivity index (χ4v) is 2.07. The second-order valence-corrected chi connectivity index (χ2v) is 4.41. The molecule has 0 fully saturated rings. The van der Waals surface area contributed by atoms with Gasteiger partial charge in [0.25, 0.3) is 0 Å². The zero-order valence-corrected chi connectivity index (χ0v) is 9.04. The first-order chi connectivity index (χ1) is 6.58. The topological polar surface area (TPSA) is 40.5 Å². The first kappa shape index (κ1) is 10.9. The van der Waals surface area contributed by atoms with Crippen molar-refractivity contribution in [1.29, 1.82) is 0 Å². The number of thiophene rings is 1. The van der Waals surface area contributed by atoms with Crippen LogP contribution in [0.5, 0.6) is 0 Å². The van der Waals surface area contributed by atoms with Crippen LogP contribution in [0.15, 0.2) is 18.2 Å². The van der Waals surface area contributed by atoms with Crippen LogP contribution in [0, 0.1) is 0 Å². The molecule has 1 aromatic heterocycles. The van der Waals surface area contributed by atoms with Gasteiger partial charge in [0.15, 0.2) is 0 Å². The maximum atomic E-state index is 10.3. The highest BCUT2D eigenvalue weighted by Crippen LogP contribution is 2.18. The van der Waals surface area contributed by atoms with Crippen molar-refractivity contribution in [3.05, 3.63) is 28.0 Å². The predicted molar refractivity (Wildman–Crippen MR) is 58.4 cm³/mol. The molecule has 0 saturated carbocycles. The van der Waals surface area contributed by atoms with E-state index in [0.717, 1.165) is 17.5 Å². The number of carboxylic acid groups (broad SMARTS) is 1. The lowest BCUT2D eigenvalue weighted by Gasteiger charge is -2.05. The maximum absolute atomic E-state index is 10.3. The number of carboxylic acids is 1. The molecule has 0 aliphatic rings. The quantitative estimate of drug-likeness (QED) is 0.773. The van der Waals surface area contributed by atoms with Crippen molar-refractivity contribution in [3.63, 3.8) is 0 Å².